The molecule has 23 heavy (non-hydrogen) atoms. The Balaban J connectivity index is 1.79. The van der Waals surface area contributed by atoms with Crippen molar-refractivity contribution in [3.8, 4) is 5.75 Å². The molecule has 1 aromatic heterocycles. The molecule has 0 amide bonds. The second-order valence-corrected chi connectivity index (χ2v) is 4.62. The summed E-state index contributed by atoms with van der Waals surface area (Å²) in [6.07, 6.45) is 0. The van der Waals surface area contributed by atoms with Gasteiger partial charge >= 0.3 is 11.7 Å². The van der Waals surface area contributed by atoms with Crippen molar-refractivity contribution in [2.24, 2.45) is 0 Å². The number of aromatic nitrogens is 1. The van der Waals surface area contributed by atoms with E-state index in [2.05, 4.69) is 4.98 Å². The van der Waals surface area contributed by atoms with Crippen molar-refractivity contribution >= 4 is 22.8 Å². The smallest absolute Gasteiger partial charge is 0.338 e. The molecule has 0 unspecified atom stereocenters. The number of oxazole rings is 1. The molecule has 8 heteroatoms. The first-order chi connectivity index (χ1) is 11.0. The lowest BCUT2D eigenvalue weighted by atomic mass is 10.2. The quantitative estimate of drug-likeness (QED) is 0.447. The third-order valence-electron chi connectivity index (χ3n) is 3.06. The van der Waals surface area contributed by atoms with Crippen molar-refractivity contribution in [2.45, 2.75) is 6.61 Å². The zero-order valence-corrected chi connectivity index (χ0v) is 11.6. The molecule has 3 aromatic rings. The molecule has 1 N–H and O–H groups in total. The van der Waals surface area contributed by atoms with Gasteiger partial charge in [0, 0.05) is 12.1 Å². The Hall–Kier alpha value is -3.42. The van der Waals surface area contributed by atoms with Crippen LogP contribution in [0.2, 0.25) is 0 Å². The number of rotatable bonds is 4. The van der Waals surface area contributed by atoms with Crippen molar-refractivity contribution in [2.75, 3.05) is 0 Å². The van der Waals surface area contributed by atoms with Crippen LogP contribution in [-0.4, -0.2) is 21.0 Å². The van der Waals surface area contributed by atoms with E-state index in [-0.39, 0.29) is 23.6 Å². The predicted molar refractivity (Wildman–Crippen MR) is 77.9 cm³/mol. The highest BCUT2D eigenvalue weighted by Gasteiger charge is 2.18. The van der Waals surface area contributed by atoms with E-state index in [1.165, 1.54) is 0 Å². The standard InChI is InChI=1S/C15H10N2O6/c18-12-7-13-10(6-11(12)17(20)21)16-14(23-13)8-22-15(19)9-4-2-1-3-5-9/h1-7,18H,8H2. The summed E-state index contributed by atoms with van der Waals surface area (Å²) in [4.78, 5) is 25.9. The average Bonchev–Trinajstić information content (AvgIpc) is 2.94. The van der Waals surface area contributed by atoms with Gasteiger partial charge < -0.3 is 14.3 Å². The maximum atomic E-state index is 11.8. The highest BCUT2D eigenvalue weighted by atomic mass is 16.6. The van der Waals surface area contributed by atoms with Crippen molar-refractivity contribution in [3.63, 3.8) is 0 Å². The number of phenolic OH excluding ortho intramolecular Hbond substituents is 1. The van der Waals surface area contributed by atoms with Gasteiger partial charge in [-0.25, -0.2) is 9.78 Å². The number of esters is 1. The Kier molecular flexibility index (Phi) is 3.63. The zero-order valence-electron chi connectivity index (χ0n) is 11.6. The third-order valence-corrected chi connectivity index (χ3v) is 3.06. The Labute approximate surface area is 129 Å². The zero-order chi connectivity index (χ0) is 16.4. The number of fused-ring (bicyclic) bond motifs is 1. The Morgan fingerprint density at radius 3 is 2.74 bits per heavy atom. The van der Waals surface area contributed by atoms with Gasteiger partial charge in [0.05, 0.1) is 10.5 Å². The van der Waals surface area contributed by atoms with Crippen LogP contribution >= 0.6 is 0 Å². The molecule has 0 aliphatic carbocycles. The van der Waals surface area contributed by atoms with Crippen LogP contribution in [-0.2, 0) is 11.3 Å². The van der Waals surface area contributed by atoms with Crippen LogP contribution in [0.3, 0.4) is 0 Å². The largest absolute Gasteiger partial charge is 0.502 e. The van der Waals surface area contributed by atoms with Crippen molar-refractivity contribution in [1.82, 2.24) is 4.98 Å². The summed E-state index contributed by atoms with van der Waals surface area (Å²) >= 11 is 0. The van der Waals surface area contributed by atoms with E-state index in [1.54, 1.807) is 30.3 Å². The van der Waals surface area contributed by atoms with Gasteiger partial charge in [-0.05, 0) is 12.1 Å². The van der Waals surface area contributed by atoms with Crippen molar-refractivity contribution < 1.29 is 24.0 Å². The fourth-order valence-corrected chi connectivity index (χ4v) is 1.99. The highest BCUT2D eigenvalue weighted by Crippen LogP contribution is 2.31. The van der Waals surface area contributed by atoms with E-state index in [0.717, 1.165) is 12.1 Å². The summed E-state index contributed by atoms with van der Waals surface area (Å²) in [7, 11) is 0. The van der Waals surface area contributed by atoms with Crippen LogP contribution < -0.4 is 0 Å². The van der Waals surface area contributed by atoms with Gasteiger partial charge in [-0.2, -0.15) is 0 Å². The number of carbonyl (C=O) groups is 1. The van der Waals surface area contributed by atoms with E-state index >= 15 is 0 Å². The number of benzene rings is 2. The van der Waals surface area contributed by atoms with Crippen molar-refractivity contribution in [1.29, 1.82) is 0 Å². The number of nitro groups is 1. The van der Waals surface area contributed by atoms with Crippen LogP contribution in [0.1, 0.15) is 16.2 Å². The molecule has 3 rings (SSSR count). The molecular weight excluding hydrogens is 304 g/mol. The van der Waals surface area contributed by atoms with Crippen LogP contribution in [0, 0.1) is 10.1 Å². The summed E-state index contributed by atoms with van der Waals surface area (Å²) in [5.41, 5.74) is 0.273. The first-order valence-electron chi connectivity index (χ1n) is 6.53. The van der Waals surface area contributed by atoms with Crippen LogP contribution in [0.15, 0.2) is 46.9 Å². The Bertz CT molecular complexity index is 888. The average molecular weight is 314 g/mol. The molecule has 1 heterocycles. The topological polar surface area (TPSA) is 116 Å². The molecule has 0 saturated heterocycles. The number of hydrogen-bond donors (Lipinski definition) is 1. The first kappa shape index (κ1) is 14.5. The van der Waals surface area contributed by atoms with Gasteiger partial charge in [-0.3, -0.25) is 10.1 Å². The molecule has 0 bridgehead atoms. The monoisotopic (exact) mass is 314 g/mol. The van der Waals surface area contributed by atoms with Gasteiger partial charge in [0.2, 0.25) is 5.89 Å². The summed E-state index contributed by atoms with van der Waals surface area (Å²) < 4.78 is 10.4. The second kappa shape index (κ2) is 5.76. The minimum atomic E-state index is -0.724. The number of phenols is 1. The van der Waals surface area contributed by atoms with Gasteiger partial charge in [0.1, 0.15) is 5.52 Å². The molecule has 0 atom stereocenters. The van der Waals surface area contributed by atoms with E-state index in [4.69, 9.17) is 9.15 Å². The molecule has 8 nitrogen and oxygen atoms in total. The fourth-order valence-electron chi connectivity index (χ4n) is 1.99. The highest BCUT2D eigenvalue weighted by molar-refractivity contribution is 5.89. The minimum Gasteiger partial charge on any atom is -0.502 e. The number of carbonyl (C=O) groups excluding carboxylic acids is 1. The van der Waals surface area contributed by atoms with E-state index in [0.29, 0.717) is 5.56 Å². The molecule has 0 aliphatic rings. The Morgan fingerprint density at radius 1 is 1.30 bits per heavy atom. The van der Waals surface area contributed by atoms with Gasteiger partial charge in [0.15, 0.2) is 17.9 Å². The molecule has 116 valence electrons. The van der Waals surface area contributed by atoms with Crippen molar-refractivity contribution in [3.05, 3.63) is 64.0 Å². The second-order valence-electron chi connectivity index (χ2n) is 4.62. The summed E-state index contributed by atoms with van der Waals surface area (Å²) in [6, 6.07) is 10.6. The Morgan fingerprint density at radius 2 is 2.04 bits per heavy atom. The lowest BCUT2D eigenvalue weighted by Crippen LogP contribution is -2.04. The normalized spacial score (nSPS) is 10.6. The van der Waals surface area contributed by atoms with Crippen LogP contribution in [0.5, 0.6) is 5.75 Å². The fraction of sp³-hybridized carbons (Fsp3) is 0.0667. The molecule has 2 aromatic carbocycles. The SMILES string of the molecule is O=C(OCc1nc2cc([N+](=O)[O-])c(O)cc2o1)c1ccccc1. The number of nitrogens with zero attached hydrogens (tertiary/aromatic N) is 2. The number of ether oxygens (including phenoxy) is 1. The molecule has 0 fully saturated rings. The third kappa shape index (κ3) is 2.95. The van der Waals surface area contributed by atoms with E-state index < -0.39 is 22.3 Å². The van der Waals surface area contributed by atoms with E-state index in [9.17, 15) is 20.0 Å². The van der Waals surface area contributed by atoms with Crippen LogP contribution in [0.25, 0.3) is 11.1 Å². The van der Waals surface area contributed by atoms with E-state index in [1.807, 2.05) is 0 Å². The minimum absolute atomic E-state index is 0.0733. The van der Waals surface area contributed by atoms with Gasteiger partial charge in [0.25, 0.3) is 0 Å². The lowest BCUT2D eigenvalue weighted by molar-refractivity contribution is -0.385. The predicted octanol–water partition coefficient (Wildman–Crippen LogP) is 2.80. The van der Waals surface area contributed by atoms with Gasteiger partial charge in [-0.15, -0.1) is 0 Å². The number of nitro benzene ring substituents is 1. The molecule has 0 saturated carbocycles. The first-order valence-corrected chi connectivity index (χ1v) is 6.53. The summed E-state index contributed by atoms with van der Waals surface area (Å²) in [5.74, 6) is -0.989. The number of aromatic hydroxyl groups is 1. The maximum absolute atomic E-state index is 11.8. The lowest BCUT2D eigenvalue weighted by Gasteiger charge is -2.01. The van der Waals surface area contributed by atoms with Crippen LogP contribution in [0.4, 0.5) is 5.69 Å². The summed E-state index contributed by atoms with van der Waals surface area (Å²) in [6.45, 7) is -0.225. The molecule has 0 spiro atoms. The molecular formula is C15H10N2O6. The number of hydrogen-bond acceptors (Lipinski definition) is 7. The maximum Gasteiger partial charge on any atom is 0.338 e. The van der Waals surface area contributed by atoms with Gasteiger partial charge in [-0.1, -0.05) is 18.2 Å². The molecule has 0 radical (unpaired) electrons. The summed E-state index contributed by atoms with van der Waals surface area (Å²) in [5, 5.41) is 20.3. The molecule has 0 aliphatic heterocycles.